The fourth-order valence-electron chi connectivity index (χ4n) is 1.07. The van der Waals surface area contributed by atoms with Crippen LogP contribution in [-0.4, -0.2) is 16.3 Å². The van der Waals surface area contributed by atoms with Crippen molar-refractivity contribution in [2.75, 3.05) is 6.54 Å². The third-order valence-electron chi connectivity index (χ3n) is 1.96. The first-order chi connectivity index (χ1) is 6.22. The average Bonchev–Trinajstić information content (AvgIpc) is 2.51. The first kappa shape index (κ1) is 9.99. The first-order valence-electron chi connectivity index (χ1n) is 4.57. The van der Waals surface area contributed by atoms with E-state index in [-0.39, 0.29) is 0 Å². The quantitative estimate of drug-likeness (QED) is 0.694. The average molecular weight is 179 g/mol. The lowest BCUT2D eigenvalue weighted by Gasteiger charge is -2.03. The molecule has 0 fully saturated rings. The van der Waals surface area contributed by atoms with Crippen LogP contribution in [0.3, 0.4) is 0 Å². The van der Waals surface area contributed by atoms with E-state index in [1.165, 1.54) is 11.1 Å². The predicted molar refractivity (Wildman–Crippen MR) is 54.3 cm³/mol. The molecular weight excluding hydrogens is 162 g/mol. The largest absolute Gasteiger partial charge is 0.309 e. The molecule has 1 rings (SSSR count). The maximum Gasteiger partial charge on any atom is 0.0534 e. The Morgan fingerprint density at radius 1 is 1.69 bits per heavy atom. The number of hydrogen-bond donors (Lipinski definition) is 1. The van der Waals surface area contributed by atoms with Crippen LogP contribution in [0.5, 0.6) is 0 Å². The van der Waals surface area contributed by atoms with E-state index in [1.54, 1.807) is 0 Å². The Morgan fingerprint density at radius 3 is 3.00 bits per heavy atom. The van der Waals surface area contributed by atoms with E-state index in [4.69, 9.17) is 0 Å². The van der Waals surface area contributed by atoms with E-state index in [9.17, 15) is 0 Å². The van der Waals surface area contributed by atoms with Gasteiger partial charge in [0.05, 0.1) is 6.20 Å². The monoisotopic (exact) mass is 179 g/mol. The van der Waals surface area contributed by atoms with Crippen LogP contribution in [0.2, 0.25) is 0 Å². The summed E-state index contributed by atoms with van der Waals surface area (Å²) in [6, 6.07) is 0. The zero-order valence-corrected chi connectivity index (χ0v) is 8.38. The Labute approximate surface area is 79.5 Å². The molecule has 3 heteroatoms. The van der Waals surface area contributed by atoms with Crippen molar-refractivity contribution in [3.05, 3.63) is 30.1 Å². The molecule has 1 aromatic rings. The minimum Gasteiger partial charge on any atom is -0.309 e. The van der Waals surface area contributed by atoms with Crippen molar-refractivity contribution in [1.29, 1.82) is 0 Å². The Morgan fingerprint density at radius 2 is 2.46 bits per heavy atom. The third kappa shape index (κ3) is 3.42. The molecule has 0 saturated carbocycles. The van der Waals surface area contributed by atoms with Gasteiger partial charge in [0, 0.05) is 31.9 Å². The topological polar surface area (TPSA) is 29.9 Å². The van der Waals surface area contributed by atoms with E-state index in [2.05, 4.69) is 23.9 Å². The molecule has 0 aliphatic carbocycles. The SMILES string of the molecule is C=C(CC)CNCc1cnn(C)c1. The Kier molecular flexibility index (Phi) is 3.71. The van der Waals surface area contributed by atoms with Crippen LogP contribution in [-0.2, 0) is 13.6 Å². The fraction of sp³-hybridized carbons (Fsp3) is 0.500. The van der Waals surface area contributed by atoms with Crippen molar-refractivity contribution in [2.45, 2.75) is 19.9 Å². The van der Waals surface area contributed by atoms with E-state index in [1.807, 2.05) is 24.1 Å². The van der Waals surface area contributed by atoms with Crippen LogP contribution < -0.4 is 5.32 Å². The molecule has 0 saturated heterocycles. The molecule has 0 amide bonds. The van der Waals surface area contributed by atoms with E-state index in [0.717, 1.165) is 19.5 Å². The summed E-state index contributed by atoms with van der Waals surface area (Å²) >= 11 is 0. The molecular formula is C10H17N3. The molecule has 72 valence electrons. The summed E-state index contributed by atoms with van der Waals surface area (Å²) in [6.45, 7) is 7.81. The normalized spacial score (nSPS) is 10.3. The van der Waals surface area contributed by atoms with E-state index in [0.29, 0.717) is 0 Å². The zero-order chi connectivity index (χ0) is 9.68. The molecule has 0 atom stereocenters. The summed E-state index contributed by atoms with van der Waals surface area (Å²) in [5, 5.41) is 7.40. The highest BCUT2D eigenvalue weighted by molar-refractivity contribution is 5.04. The van der Waals surface area contributed by atoms with Crippen LogP contribution in [0.15, 0.2) is 24.5 Å². The summed E-state index contributed by atoms with van der Waals surface area (Å²) in [4.78, 5) is 0. The minimum atomic E-state index is 0.868. The second-order valence-electron chi connectivity index (χ2n) is 3.23. The van der Waals surface area contributed by atoms with Gasteiger partial charge in [0.1, 0.15) is 0 Å². The van der Waals surface area contributed by atoms with Gasteiger partial charge in [-0.2, -0.15) is 5.10 Å². The van der Waals surface area contributed by atoms with Crippen molar-refractivity contribution in [1.82, 2.24) is 15.1 Å². The summed E-state index contributed by atoms with van der Waals surface area (Å²) in [7, 11) is 1.93. The maximum atomic E-state index is 4.09. The number of hydrogen-bond acceptors (Lipinski definition) is 2. The molecule has 3 nitrogen and oxygen atoms in total. The lowest BCUT2D eigenvalue weighted by Crippen LogP contribution is -2.15. The number of aromatic nitrogens is 2. The van der Waals surface area contributed by atoms with Crippen LogP contribution >= 0.6 is 0 Å². The Bertz CT molecular complexity index is 275. The van der Waals surface area contributed by atoms with Crippen molar-refractivity contribution in [3.8, 4) is 0 Å². The summed E-state index contributed by atoms with van der Waals surface area (Å²) in [6.07, 6.45) is 4.93. The van der Waals surface area contributed by atoms with Gasteiger partial charge in [0.15, 0.2) is 0 Å². The zero-order valence-electron chi connectivity index (χ0n) is 8.38. The van der Waals surface area contributed by atoms with Crippen molar-refractivity contribution < 1.29 is 0 Å². The summed E-state index contributed by atoms with van der Waals surface area (Å²) < 4.78 is 1.81. The van der Waals surface area contributed by atoms with Crippen molar-refractivity contribution in [2.24, 2.45) is 7.05 Å². The lowest BCUT2D eigenvalue weighted by atomic mass is 10.2. The van der Waals surface area contributed by atoms with Gasteiger partial charge in [-0.15, -0.1) is 0 Å². The van der Waals surface area contributed by atoms with Crippen LogP contribution in [0.25, 0.3) is 0 Å². The van der Waals surface area contributed by atoms with Crippen molar-refractivity contribution in [3.63, 3.8) is 0 Å². The molecule has 0 unspecified atom stereocenters. The van der Waals surface area contributed by atoms with Gasteiger partial charge in [-0.05, 0) is 6.42 Å². The van der Waals surface area contributed by atoms with Gasteiger partial charge < -0.3 is 5.32 Å². The van der Waals surface area contributed by atoms with Gasteiger partial charge in [-0.25, -0.2) is 0 Å². The second kappa shape index (κ2) is 4.82. The van der Waals surface area contributed by atoms with Gasteiger partial charge in [0.25, 0.3) is 0 Å². The highest BCUT2D eigenvalue weighted by Crippen LogP contribution is 1.97. The standard InChI is InChI=1S/C10H17N3/c1-4-9(2)5-11-6-10-7-12-13(3)8-10/h7-8,11H,2,4-6H2,1,3H3. The van der Waals surface area contributed by atoms with Gasteiger partial charge in [-0.3, -0.25) is 4.68 Å². The highest BCUT2D eigenvalue weighted by atomic mass is 15.2. The van der Waals surface area contributed by atoms with Crippen LogP contribution in [0.4, 0.5) is 0 Å². The summed E-state index contributed by atoms with van der Waals surface area (Å²) in [5.74, 6) is 0. The molecule has 0 bridgehead atoms. The predicted octanol–water partition coefficient (Wildman–Crippen LogP) is 1.48. The van der Waals surface area contributed by atoms with E-state index >= 15 is 0 Å². The van der Waals surface area contributed by atoms with Crippen LogP contribution in [0, 0.1) is 0 Å². The third-order valence-corrected chi connectivity index (χ3v) is 1.96. The molecule has 13 heavy (non-hydrogen) atoms. The molecule has 0 aromatic carbocycles. The van der Waals surface area contributed by atoms with E-state index < -0.39 is 0 Å². The molecule has 1 aromatic heterocycles. The van der Waals surface area contributed by atoms with Gasteiger partial charge in [0.2, 0.25) is 0 Å². The molecule has 0 radical (unpaired) electrons. The van der Waals surface area contributed by atoms with Crippen molar-refractivity contribution >= 4 is 0 Å². The molecule has 0 spiro atoms. The molecule has 1 N–H and O–H groups in total. The number of nitrogens with one attached hydrogen (secondary N) is 1. The number of rotatable bonds is 5. The second-order valence-corrected chi connectivity index (χ2v) is 3.23. The number of nitrogens with zero attached hydrogens (tertiary/aromatic N) is 2. The first-order valence-corrected chi connectivity index (χ1v) is 4.57. The Hall–Kier alpha value is -1.09. The van der Waals surface area contributed by atoms with Gasteiger partial charge in [-0.1, -0.05) is 19.1 Å². The lowest BCUT2D eigenvalue weighted by molar-refractivity contribution is 0.724. The smallest absolute Gasteiger partial charge is 0.0534 e. The Balaban J connectivity index is 2.24. The minimum absolute atomic E-state index is 0.868. The number of aryl methyl sites for hydroxylation is 1. The molecule has 0 aliphatic heterocycles. The van der Waals surface area contributed by atoms with Gasteiger partial charge >= 0.3 is 0 Å². The highest BCUT2D eigenvalue weighted by Gasteiger charge is 1.95. The maximum absolute atomic E-state index is 4.09. The molecule has 1 heterocycles. The molecule has 0 aliphatic rings. The fourth-order valence-corrected chi connectivity index (χ4v) is 1.07. The van der Waals surface area contributed by atoms with Crippen LogP contribution in [0.1, 0.15) is 18.9 Å². The summed E-state index contributed by atoms with van der Waals surface area (Å²) in [5.41, 5.74) is 2.45.